The van der Waals surface area contributed by atoms with Gasteiger partial charge in [-0.1, -0.05) is 26.8 Å². The average Bonchev–Trinajstić information content (AvgIpc) is 3.10. The molecule has 1 fully saturated rings. The van der Waals surface area contributed by atoms with Crippen LogP contribution in [-0.2, 0) is 10.2 Å². The molecule has 1 saturated heterocycles. The molecule has 1 aromatic heterocycles. The summed E-state index contributed by atoms with van der Waals surface area (Å²) in [6.07, 6.45) is 1.44. The molecule has 7 heteroatoms. The van der Waals surface area contributed by atoms with E-state index in [0.717, 1.165) is 24.2 Å². The highest BCUT2D eigenvalue weighted by Gasteiger charge is 2.27. The van der Waals surface area contributed by atoms with Crippen molar-refractivity contribution in [3.05, 3.63) is 29.6 Å². The first-order chi connectivity index (χ1) is 13.9. The summed E-state index contributed by atoms with van der Waals surface area (Å²) in [5.74, 6) is 1.10. The number of nitrogens with zero attached hydrogens (tertiary/aromatic N) is 2. The number of likely N-dealkylation sites (tertiary alicyclic amines) is 1. The molecule has 0 unspecified atom stereocenters. The molecule has 0 atom stereocenters. The van der Waals surface area contributed by atoms with Crippen molar-refractivity contribution in [2.24, 2.45) is 5.92 Å². The van der Waals surface area contributed by atoms with Gasteiger partial charge in [0.05, 0.1) is 11.1 Å². The summed E-state index contributed by atoms with van der Waals surface area (Å²) in [7, 11) is 0. The van der Waals surface area contributed by atoms with Crippen LogP contribution in [0.5, 0.6) is 0 Å². The van der Waals surface area contributed by atoms with Crippen molar-refractivity contribution >= 4 is 23.0 Å². The van der Waals surface area contributed by atoms with E-state index in [1.807, 2.05) is 39.0 Å². The Balaban J connectivity index is 1.57. The van der Waals surface area contributed by atoms with Gasteiger partial charge < -0.3 is 19.9 Å². The third kappa shape index (κ3) is 5.32. The summed E-state index contributed by atoms with van der Waals surface area (Å²) in [5, 5.41) is 3.06. The third-order valence-electron chi connectivity index (χ3n) is 5.29. The van der Waals surface area contributed by atoms with Crippen LogP contribution in [0.3, 0.4) is 0 Å². The van der Waals surface area contributed by atoms with E-state index >= 15 is 0 Å². The Morgan fingerprint density at radius 3 is 2.43 bits per heavy atom. The quantitative estimate of drug-likeness (QED) is 0.786. The molecule has 2 heterocycles. The summed E-state index contributed by atoms with van der Waals surface area (Å²) in [6, 6.07) is 5.64. The minimum absolute atomic E-state index is 0.109. The van der Waals surface area contributed by atoms with E-state index in [1.54, 1.807) is 4.90 Å². The Kier molecular flexibility index (Phi) is 6.11. The standard InChI is InChI=1S/C23H34N4O3/c1-22(2,3)20-25-17-9-7-8-16(18(17)26-20)19(28)24-14-15-10-12-27(13-11-15)21(29)30-23(4,5)6/h7-9,15H,10-14H2,1-6H3,(H,24,28)(H,25,26). The number of hydrogen-bond acceptors (Lipinski definition) is 4. The second kappa shape index (κ2) is 8.28. The first-order valence-electron chi connectivity index (χ1n) is 10.7. The maximum atomic E-state index is 12.8. The van der Waals surface area contributed by atoms with Crippen molar-refractivity contribution in [1.82, 2.24) is 20.2 Å². The predicted octanol–water partition coefficient (Wildman–Crippen LogP) is 4.24. The van der Waals surface area contributed by atoms with Crippen LogP contribution in [-0.4, -0.2) is 52.1 Å². The Labute approximate surface area is 178 Å². The van der Waals surface area contributed by atoms with Crippen LogP contribution in [0.2, 0.25) is 0 Å². The van der Waals surface area contributed by atoms with E-state index < -0.39 is 5.60 Å². The second-order valence-electron chi connectivity index (χ2n) is 10.2. The lowest BCUT2D eigenvalue weighted by atomic mass is 9.96. The molecule has 0 radical (unpaired) electrons. The van der Waals surface area contributed by atoms with Gasteiger partial charge in [0.25, 0.3) is 5.91 Å². The molecule has 0 saturated carbocycles. The Morgan fingerprint density at radius 2 is 1.83 bits per heavy atom. The zero-order chi connectivity index (χ0) is 22.1. The molecule has 0 aliphatic carbocycles. The van der Waals surface area contributed by atoms with Crippen LogP contribution >= 0.6 is 0 Å². The maximum Gasteiger partial charge on any atom is 0.410 e. The lowest BCUT2D eigenvalue weighted by molar-refractivity contribution is 0.0183. The summed E-state index contributed by atoms with van der Waals surface area (Å²) in [4.78, 5) is 34.8. The molecule has 3 rings (SSSR count). The predicted molar refractivity (Wildman–Crippen MR) is 118 cm³/mol. The van der Waals surface area contributed by atoms with Gasteiger partial charge in [-0.05, 0) is 51.7 Å². The highest BCUT2D eigenvalue weighted by Crippen LogP contribution is 2.25. The zero-order valence-electron chi connectivity index (χ0n) is 19.0. The number of hydrogen-bond donors (Lipinski definition) is 2. The normalized spacial score (nSPS) is 16.0. The lowest BCUT2D eigenvalue weighted by Crippen LogP contribution is -2.43. The van der Waals surface area contributed by atoms with Crippen molar-refractivity contribution in [2.45, 2.75) is 65.4 Å². The Bertz CT molecular complexity index is 913. The van der Waals surface area contributed by atoms with Gasteiger partial charge in [-0.2, -0.15) is 0 Å². The molecule has 1 aliphatic heterocycles. The van der Waals surface area contributed by atoms with Crippen molar-refractivity contribution in [3.8, 4) is 0 Å². The number of fused-ring (bicyclic) bond motifs is 1. The molecule has 30 heavy (non-hydrogen) atoms. The maximum absolute atomic E-state index is 12.8. The van der Waals surface area contributed by atoms with Crippen molar-refractivity contribution in [3.63, 3.8) is 0 Å². The monoisotopic (exact) mass is 414 g/mol. The molecule has 2 amide bonds. The van der Waals surface area contributed by atoms with Crippen LogP contribution in [0, 0.1) is 5.92 Å². The van der Waals surface area contributed by atoms with E-state index in [9.17, 15) is 9.59 Å². The summed E-state index contributed by atoms with van der Waals surface area (Å²) in [6.45, 7) is 13.8. The van der Waals surface area contributed by atoms with Crippen molar-refractivity contribution in [1.29, 1.82) is 0 Å². The van der Waals surface area contributed by atoms with Crippen LogP contribution in [0.25, 0.3) is 11.0 Å². The first-order valence-corrected chi connectivity index (χ1v) is 10.7. The summed E-state index contributed by atoms with van der Waals surface area (Å²) >= 11 is 0. The number of nitrogens with one attached hydrogen (secondary N) is 2. The lowest BCUT2D eigenvalue weighted by Gasteiger charge is -2.33. The molecule has 164 valence electrons. The number of carbonyl (C=O) groups excluding carboxylic acids is 2. The van der Waals surface area contributed by atoms with E-state index in [-0.39, 0.29) is 17.4 Å². The number of amides is 2. The minimum Gasteiger partial charge on any atom is -0.444 e. The smallest absolute Gasteiger partial charge is 0.410 e. The minimum atomic E-state index is -0.484. The topological polar surface area (TPSA) is 87.3 Å². The van der Waals surface area contributed by atoms with Gasteiger partial charge in [-0.15, -0.1) is 0 Å². The van der Waals surface area contributed by atoms with E-state index in [1.165, 1.54) is 0 Å². The molecule has 7 nitrogen and oxygen atoms in total. The largest absolute Gasteiger partial charge is 0.444 e. The molecular weight excluding hydrogens is 380 g/mol. The molecule has 2 aromatic rings. The van der Waals surface area contributed by atoms with Gasteiger partial charge in [0.2, 0.25) is 0 Å². The van der Waals surface area contributed by atoms with Crippen molar-refractivity contribution in [2.75, 3.05) is 19.6 Å². The van der Waals surface area contributed by atoms with Gasteiger partial charge in [0, 0.05) is 25.0 Å². The number of piperidine rings is 1. The molecule has 1 aliphatic rings. The number of benzene rings is 1. The number of ether oxygens (including phenoxy) is 1. The number of aromatic nitrogens is 2. The fourth-order valence-corrected chi connectivity index (χ4v) is 3.55. The number of para-hydroxylation sites is 1. The molecule has 2 N–H and O–H groups in total. The van der Waals surface area contributed by atoms with Gasteiger partial charge in [-0.3, -0.25) is 4.79 Å². The van der Waals surface area contributed by atoms with Crippen LogP contribution in [0.1, 0.15) is 70.6 Å². The number of aromatic amines is 1. The van der Waals surface area contributed by atoms with E-state index in [0.29, 0.717) is 36.6 Å². The van der Waals surface area contributed by atoms with Gasteiger partial charge in [-0.25, -0.2) is 9.78 Å². The van der Waals surface area contributed by atoms with Gasteiger partial charge >= 0.3 is 6.09 Å². The van der Waals surface area contributed by atoms with Crippen LogP contribution in [0.15, 0.2) is 18.2 Å². The number of rotatable bonds is 3. The fraction of sp³-hybridized carbons (Fsp3) is 0.609. The number of carbonyl (C=O) groups is 2. The number of imidazole rings is 1. The average molecular weight is 415 g/mol. The van der Waals surface area contributed by atoms with E-state index in [4.69, 9.17) is 4.74 Å². The molecule has 0 spiro atoms. The molecule has 0 bridgehead atoms. The molecule has 1 aromatic carbocycles. The van der Waals surface area contributed by atoms with Crippen LogP contribution < -0.4 is 5.32 Å². The Hall–Kier alpha value is -2.57. The van der Waals surface area contributed by atoms with Crippen molar-refractivity contribution < 1.29 is 14.3 Å². The van der Waals surface area contributed by atoms with E-state index in [2.05, 4.69) is 36.1 Å². The molecular formula is C23H34N4O3. The zero-order valence-corrected chi connectivity index (χ0v) is 19.0. The SMILES string of the molecule is CC(C)(C)OC(=O)N1CCC(CNC(=O)c2cccc3[nH]c(C(C)(C)C)nc23)CC1. The second-order valence-corrected chi connectivity index (χ2v) is 10.2. The highest BCUT2D eigenvalue weighted by atomic mass is 16.6. The number of H-pyrrole nitrogens is 1. The van der Waals surface area contributed by atoms with Gasteiger partial charge in [0.15, 0.2) is 0 Å². The first kappa shape index (κ1) is 22.1. The fourth-order valence-electron chi connectivity index (χ4n) is 3.55. The van der Waals surface area contributed by atoms with Gasteiger partial charge in [0.1, 0.15) is 16.9 Å². The highest BCUT2D eigenvalue weighted by molar-refractivity contribution is 6.04. The Morgan fingerprint density at radius 1 is 1.17 bits per heavy atom. The summed E-state index contributed by atoms with van der Waals surface area (Å²) in [5.41, 5.74) is 1.57. The summed E-state index contributed by atoms with van der Waals surface area (Å²) < 4.78 is 5.44. The third-order valence-corrected chi connectivity index (χ3v) is 5.29. The van der Waals surface area contributed by atoms with Crippen LogP contribution in [0.4, 0.5) is 4.79 Å².